The van der Waals surface area contributed by atoms with Crippen LogP contribution < -0.4 is 5.32 Å². The predicted molar refractivity (Wildman–Crippen MR) is 110 cm³/mol. The van der Waals surface area contributed by atoms with Gasteiger partial charge in [-0.25, -0.2) is 13.8 Å². The summed E-state index contributed by atoms with van der Waals surface area (Å²) in [6.07, 6.45) is 0.778. The molecule has 0 spiro atoms. The number of rotatable bonds is 5. The summed E-state index contributed by atoms with van der Waals surface area (Å²) >= 11 is 1.64. The van der Waals surface area contributed by atoms with E-state index in [-0.39, 0.29) is 6.04 Å². The number of hydrogen-bond donors (Lipinski definition) is 1. The zero-order valence-electron chi connectivity index (χ0n) is 16.6. The van der Waals surface area contributed by atoms with Gasteiger partial charge in [-0.1, -0.05) is 13.0 Å². The van der Waals surface area contributed by atoms with Crippen molar-refractivity contribution in [2.45, 2.75) is 32.9 Å². The van der Waals surface area contributed by atoms with Crippen molar-refractivity contribution in [3.8, 4) is 0 Å². The third kappa shape index (κ3) is 4.67. The Morgan fingerprint density at radius 3 is 2.61 bits per heavy atom. The normalized spacial score (nSPS) is 17.0. The molecular weight excluding hydrogens is 380 g/mol. The fraction of sp³-hybridized carbons (Fsp3) is 0.500. The fourth-order valence-electron chi connectivity index (χ4n) is 3.68. The number of halogens is 2. The lowest BCUT2D eigenvalue weighted by atomic mass is 10.0. The van der Waals surface area contributed by atoms with E-state index in [1.165, 1.54) is 10.9 Å². The summed E-state index contributed by atoms with van der Waals surface area (Å²) in [5.74, 6) is -0.132. The molecule has 152 valence electrons. The minimum Gasteiger partial charge on any atom is -0.351 e. The van der Waals surface area contributed by atoms with E-state index in [9.17, 15) is 8.78 Å². The summed E-state index contributed by atoms with van der Waals surface area (Å²) in [5.41, 5.74) is 3.47. The van der Waals surface area contributed by atoms with Crippen molar-refractivity contribution in [3.63, 3.8) is 0 Å². The largest absolute Gasteiger partial charge is 0.351 e. The van der Waals surface area contributed by atoms with Gasteiger partial charge in [0.2, 0.25) is 0 Å². The second-order valence-electron chi connectivity index (χ2n) is 6.87. The SMILES string of the molecule is CCC(c1ccc(F)cc1F)N1CCN(C(=NC)NCc2scnc2C)CC1. The average molecular weight is 408 g/mol. The van der Waals surface area contributed by atoms with Crippen molar-refractivity contribution in [2.24, 2.45) is 4.99 Å². The van der Waals surface area contributed by atoms with Crippen molar-refractivity contribution in [1.29, 1.82) is 0 Å². The Bertz CT molecular complexity index is 815. The van der Waals surface area contributed by atoms with Crippen LogP contribution in [0.5, 0.6) is 0 Å². The molecule has 8 heteroatoms. The number of piperazine rings is 1. The van der Waals surface area contributed by atoms with E-state index in [4.69, 9.17) is 0 Å². The third-order valence-electron chi connectivity index (χ3n) is 5.23. The maximum Gasteiger partial charge on any atom is 0.194 e. The lowest BCUT2D eigenvalue weighted by molar-refractivity contribution is 0.124. The number of guanidine groups is 1. The Balaban J connectivity index is 1.59. The topological polar surface area (TPSA) is 43.8 Å². The van der Waals surface area contributed by atoms with Gasteiger partial charge in [0.05, 0.1) is 17.7 Å². The number of hydrogen-bond acceptors (Lipinski definition) is 4. The molecule has 1 aliphatic heterocycles. The highest BCUT2D eigenvalue weighted by Crippen LogP contribution is 2.28. The molecule has 0 aliphatic carbocycles. The van der Waals surface area contributed by atoms with Gasteiger partial charge < -0.3 is 10.2 Å². The van der Waals surface area contributed by atoms with Crippen LogP contribution in [0.15, 0.2) is 28.7 Å². The van der Waals surface area contributed by atoms with Crippen LogP contribution in [0.4, 0.5) is 8.78 Å². The molecule has 2 aromatic rings. The Labute approximate surface area is 169 Å². The summed E-state index contributed by atoms with van der Waals surface area (Å²) in [6.45, 7) is 7.97. The molecule has 28 heavy (non-hydrogen) atoms. The summed E-state index contributed by atoms with van der Waals surface area (Å²) in [4.78, 5) is 14.4. The summed E-state index contributed by atoms with van der Waals surface area (Å²) in [5, 5.41) is 3.41. The van der Waals surface area contributed by atoms with Crippen molar-refractivity contribution < 1.29 is 8.78 Å². The molecule has 1 aliphatic rings. The van der Waals surface area contributed by atoms with E-state index in [1.54, 1.807) is 24.5 Å². The predicted octanol–water partition coefficient (Wildman–Crippen LogP) is 3.57. The molecule has 1 saturated heterocycles. The van der Waals surface area contributed by atoms with E-state index in [0.29, 0.717) is 12.1 Å². The van der Waals surface area contributed by atoms with Crippen molar-refractivity contribution >= 4 is 17.3 Å². The monoisotopic (exact) mass is 407 g/mol. The van der Waals surface area contributed by atoms with E-state index in [0.717, 1.165) is 50.3 Å². The van der Waals surface area contributed by atoms with E-state index >= 15 is 0 Å². The van der Waals surface area contributed by atoms with Gasteiger partial charge in [-0.2, -0.15) is 0 Å². The second kappa shape index (κ2) is 9.43. The molecule has 1 aromatic heterocycles. The first-order chi connectivity index (χ1) is 13.5. The van der Waals surface area contributed by atoms with Gasteiger partial charge in [-0.15, -0.1) is 11.3 Å². The lowest BCUT2D eigenvalue weighted by Gasteiger charge is -2.40. The molecule has 2 heterocycles. The van der Waals surface area contributed by atoms with Crippen LogP contribution >= 0.6 is 11.3 Å². The van der Waals surface area contributed by atoms with Crippen LogP contribution in [0, 0.1) is 18.6 Å². The summed E-state index contributed by atoms with van der Waals surface area (Å²) < 4.78 is 27.5. The molecule has 0 saturated carbocycles. The van der Waals surface area contributed by atoms with E-state index in [1.807, 2.05) is 19.4 Å². The van der Waals surface area contributed by atoms with Crippen LogP contribution in [0.2, 0.25) is 0 Å². The second-order valence-corrected chi connectivity index (χ2v) is 7.81. The number of aromatic nitrogens is 1. The molecule has 5 nitrogen and oxygen atoms in total. The zero-order chi connectivity index (χ0) is 20.1. The van der Waals surface area contributed by atoms with Gasteiger partial charge in [0, 0.05) is 55.8 Å². The lowest BCUT2D eigenvalue weighted by Crippen LogP contribution is -2.53. The van der Waals surface area contributed by atoms with Crippen LogP contribution in [0.3, 0.4) is 0 Å². The van der Waals surface area contributed by atoms with E-state index < -0.39 is 11.6 Å². The number of aliphatic imine (C=N–C) groups is 1. The molecular formula is C20H27F2N5S. The van der Waals surface area contributed by atoms with Crippen molar-refractivity contribution in [1.82, 2.24) is 20.1 Å². The molecule has 1 N–H and O–H groups in total. The summed E-state index contributed by atoms with van der Waals surface area (Å²) in [7, 11) is 1.79. The zero-order valence-corrected chi connectivity index (χ0v) is 17.4. The smallest absolute Gasteiger partial charge is 0.194 e. The van der Waals surface area contributed by atoms with Gasteiger partial charge >= 0.3 is 0 Å². The van der Waals surface area contributed by atoms with Gasteiger partial charge in [0.1, 0.15) is 11.6 Å². The molecule has 1 fully saturated rings. The van der Waals surface area contributed by atoms with Gasteiger partial charge in [0.15, 0.2) is 5.96 Å². The van der Waals surface area contributed by atoms with Gasteiger partial charge in [-0.3, -0.25) is 9.89 Å². The van der Waals surface area contributed by atoms with Gasteiger partial charge in [0.25, 0.3) is 0 Å². The Morgan fingerprint density at radius 2 is 2.04 bits per heavy atom. The van der Waals surface area contributed by atoms with Gasteiger partial charge in [-0.05, 0) is 19.4 Å². The highest BCUT2D eigenvalue weighted by Gasteiger charge is 2.27. The standard InChI is InChI=1S/C20H27F2N5S/c1-4-18(16-6-5-15(21)11-17(16)22)26-7-9-27(10-8-26)20(23-3)24-12-19-14(2)25-13-28-19/h5-6,11,13,18H,4,7-10,12H2,1-3H3,(H,23,24). The fourth-order valence-corrected chi connectivity index (χ4v) is 4.40. The van der Waals surface area contributed by atoms with Crippen LogP contribution in [0.25, 0.3) is 0 Å². The number of benzene rings is 1. The average Bonchev–Trinajstić information content (AvgIpc) is 3.10. The Hall–Kier alpha value is -2.06. The van der Waals surface area contributed by atoms with Crippen molar-refractivity contribution in [3.05, 3.63) is 51.5 Å². The Kier molecular flexibility index (Phi) is 6.96. The quantitative estimate of drug-likeness (QED) is 0.608. The maximum atomic E-state index is 14.3. The molecule has 0 bridgehead atoms. The molecule has 0 amide bonds. The molecule has 1 unspecified atom stereocenters. The highest BCUT2D eigenvalue weighted by molar-refractivity contribution is 7.09. The minimum absolute atomic E-state index is 0.0439. The van der Waals surface area contributed by atoms with Crippen LogP contribution in [-0.2, 0) is 6.54 Å². The first-order valence-electron chi connectivity index (χ1n) is 9.57. The van der Waals surface area contributed by atoms with Crippen LogP contribution in [-0.4, -0.2) is 54.0 Å². The molecule has 1 aromatic carbocycles. The first kappa shape index (κ1) is 20.7. The van der Waals surface area contributed by atoms with Crippen LogP contribution in [0.1, 0.15) is 35.5 Å². The van der Waals surface area contributed by atoms with Crippen molar-refractivity contribution in [2.75, 3.05) is 33.2 Å². The number of nitrogens with one attached hydrogen (secondary N) is 1. The molecule has 0 radical (unpaired) electrons. The highest BCUT2D eigenvalue weighted by atomic mass is 32.1. The first-order valence-corrected chi connectivity index (χ1v) is 10.4. The maximum absolute atomic E-state index is 14.3. The number of aryl methyl sites for hydroxylation is 1. The number of thiazole rings is 1. The number of nitrogens with zero attached hydrogens (tertiary/aromatic N) is 4. The van der Waals surface area contributed by atoms with E-state index in [2.05, 4.69) is 25.1 Å². The Morgan fingerprint density at radius 1 is 1.29 bits per heavy atom. The third-order valence-corrected chi connectivity index (χ3v) is 6.16. The minimum atomic E-state index is -0.535. The molecule has 1 atom stereocenters. The summed E-state index contributed by atoms with van der Waals surface area (Å²) in [6, 6.07) is 3.84. The molecule has 3 rings (SSSR count).